The van der Waals surface area contributed by atoms with E-state index in [1.807, 2.05) is 6.07 Å². The summed E-state index contributed by atoms with van der Waals surface area (Å²) in [7, 11) is 1.55. The summed E-state index contributed by atoms with van der Waals surface area (Å²) in [6, 6.07) is 12.6. The Hall–Kier alpha value is -3.82. The van der Waals surface area contributed by atoms with Crippen LogP contribution < -0.4 is 5.32 Å². The van der Waals surface area contributed by atoms with Crippen LogP contribution >= 0.6 is 0 Å². The zero-order valence-corrected chi connectivity index (χ0v) is 13.5. The molecule has 1 heterocycles. The number of nitrogens with zero attached hydrogens (tertiary/aromatic N) is 4. The highest BCUT2D eigenvalue weighted by Gasteiger charge is 2.25. The smallest absolute Gasteiger partial charge is 0.251 e. The summed E-state index contributed by atoms with van der Waals surface area (Å²) in [6.45, 7) is 0.863. The van der Waals surface area contributed by atoms with Crippen molar-refractivity contribution in [3.8, 4) is 29.5 Å². The molecule has 2 aromatic rings. The van der Waals surface area contributed by atoms with Crippen LogP contribution in [0.3, 0.4) is 0 Å². The van der Waals surface area contributed by atoms with E-state index in [0.29, 0.717) is 35.3 Å². The molecule has 0 atom stereocenters. The molecule has 0 aromatic heterocycles. The summed E-state index contributed by atoms with van der Waals surface area (Å²) in [5.41, 5.74) is 4.47. The number of rotatable bonds is 2. The van der Waals surface area contributed by atoms with Crippen molar-refractivity contribution in [2.75, 3.05) is 7.05 Å². The van der Waals surface area contributed by atoms with Crippen molar-refractivity contribution in [2.45, 2.75) is 13.1 Å². The molecule has 0 radical (unpaired) electrons. The summed E-state index contributed by atoms with van der Waals surface area (Å²) in [5.74, 6) is -0.230. The van der Waals surface area contributed by atoms with Crippen LogP contribution in [0.1, 0.15) is 32.6 Å². The first kappa shape index (κ1) is 16.1. The van der Waals surface area contributed by atoms with Gasteiger partial charge in [0.05, 0.1) is 36.4 Å². The lowest BCUT2D eigenvalue weighted by Crippen LogP contribution is -2.18. The van der Waals surface area contributed by atoms with E-state index in [2.05, 4.69) is 17.6 Å². The molecule has 25 heavy (non-hydrogen) atoms. The number of carbonyl (C=O) groups is 1. The molecule has 6 heteroatoms. The van der Waals surface area contributed by atoms with Gasteiger partial charge < -0.3 is 10.2 Å². The lowest BCUT2D eigenvalue weighted by molar-refractivity contribution is 0.0963. The molecule has 120 valence electrons. The van der Waals surface area contributed by atoms with Gasteiger partial charge in [-0.05, 0) is 46.5 Å². The molecule has 0 saturated carbocycles. The summed E-state index contributed by atoms with van der Waals surface area (Å²) in [5, 5.41) is 30.3. The van der Waals surface area contributed by atoms with Crippen LogP contribution in [0.4, 0.5) is 0 Å². The predicted octanol–water partition coefficient (Wildman–Crippen LogP) is 2.25. The first-order valence-electron chi connectivity index (χ1n) is 7.58. The summed E-state index contributed by atoms with van der Waals surface area (Å²) < 4.78 is 0. The molecule has 0 aliphatic carbocycles. The summed E-state index contributed by atoms with van der Waals surface area (Å²) in [4.78, 5) is 13.7. The van der Waals surface area contributed by atoms with E-state index in [4.69, 9.17) is 5.26 Å². The van der Waals surface area contributed by atoms with E-state index in [1.165, 1.54) is 6.07 Å². The Labute approximate surface area is 145 Å². The Kier molecular flexibility index (Phi) is 4.08. The highest BCUT2D eigenvalue weighted by Crippen LogP contribution is 2.35. The molecule has 6 nitrogen and oxygen atoms in total. The molecule has 1 N–H and O–H groups in total. The predicted molar refractivity (Wildman–Crippen MR) is 89.6 cm³/mol. The third-order valence-corrected chi connectivity index (χ3v) is 4.24. The maximum atomic E-state index is 12.1. The number of benzene rings is 2. The first-order chi connectivity index (χ1) is 12.1. The van der Waals surface area contributed by atoms with E-state index >= 15 is 0 Å². The normalized spacial score (nSPS) is 11.8. The number of nitrogens with one attached hydrogen (secondary N) is 1. The van der Waals surface area contributed by atoms with Crippen LogP contribution in [0.2, 0.25) is 0 Å². The Balaban J connectivity index is 2.25. The molecule has 0 fully saturated rings. The molecule has 3 rings (SSSR count). The standard InChI is InChI=1S/C19H13N5O/c1-23-19(25)13-5-15-9-24(11-22)10-18(15)17(6-13)16-3-2-12(7-20)4-14(16)8-21/h2-6H,9-10H2,1H3,(H,23,25). The SMILES string of the molecule is CNC(=O)c1cc2c(c(-c3ccc(C#N)cc3C#N)c1)CN(C#N)C2. The van der Waals surface area contributed by atoms with Gasteiger partial charge in [0.1, 0.15) is 0 Å². The quantitative estimate of drug-likeness (QED) is 0.852. The van der Waals surface area contributed by atoms with Crippen LogP contribution in [0.25, 0.3) is 11.1 Å². The lowest BCUT2D eigenvalue weighted by Gasteiger charge is -2.12. The van der Waals surface area contributed by atoms with Crippen LogP contribution in [-0.2, 0) is 13.1 Å². The van der Waals surface area contributed by atoms with Crippen molar-refractivity contribution in [2.24, 2.45) is 0 Å². The Morgan fingerprint density at radius 1 is 1.08 bits per heavy atom. The largest absolute Gasteiger partial charge is 0.355 e. The third kappa shape index (κ3) is 2.76. The van der Waals surface area contributed by atoms with Crippen LogP contribution in [0, 0.1) is 34.1 Å². The Bertz CT molecular complexity index is 1000. The second-order valence-electron chi connectivity index (χ2n) is 5.68. The monoisotopic (exact) mass is 327 g/mol. The van der Waals surface area contributed by atoms with Gasteiger partial charge in [-0.2, -0.15) is 15.8 Å². The van der Waals surface area contributed by atoms with Crippen molar-refractivity contribution in [1.82, 2.24) is 10.2 Å². The van der Waals surface area contributed by atoms with Gasteiger partial charge in [-0.25, -0.2) is 0 Å². The van der Waals surface area contributed by atoms with Crippen molar-refractivity contribution < 1.29 is 4.79 Å². The molecule has 0 spiro atoms. The molecular formula is C19H13N5O. The van der Waals surface area contributed by atoms with E-state index in [9.17, 15) is 15.3 Å². The number of fused-ring (bicyclic) bond motifs is 1. The topological polar surface area (TPSA) is 104 Å². The van der Waals surface area contributed by atoms with Gasteiger partial charge >= 0.3 is 0 Å². The Morgan fingerprint density at radius 2 is 1.88 bits per heavy atom. The zero-order valence-electron chi connectivity index (χ0n) is 13.5. The molecule has 1 aliphatic heterocycles. The van der Waals surface area contributed by atoms with E-state index < -0.39 is 0 Å². The van der Waals surface area contributed by atoms with Crippen molar-refractivity contribution >= 4 is 5.91 Å². The van der Waals surface area contributed by atoms with Crippen LogP contribution in [0.5, 0.6) is 0 Å². The second kappa shape index (κ2) is 6.35. The molecule has 0 saturated heterocycles. The number of nitriles is 3. The number of hydrogen-bond acceptors (Lipinski definition) is 5. The number of hydrogen-bond donors (Lipinski definition) is 1. The van der Waals surface area contributed by atoms with Gasteiger partial charge in [0, 0.05) is 12.6 Å². The maximum Gasteiger partial charge on any atom is 0.251 e. The average molecular weight is 327 g/mol. The highest BCUT2D eigenvalue weighted by atomic mass is 16.1. The van der Waals surface area contributed by atoms with Gasteiger partial charge in [-0.3, -0.25) is 4.79 Å². The minimum atomic E-state index is -0.230. The van der Waals surface area contributed by atoms with Gasteiger partial charge in [0.15, 0.2) is 6.19 Å². The molecule has 0 unspecified atom stereocenters. The van der Waals surface area contributed by atoms with Gasteiger partial charge in [-0.1, -0.05) is 6.07 Å². The number of amides is 1. The number of carbonyl (C=O) groups excluding carboxylic acids is 1. The molecule has 1 aliphatic rings. The summed E-state index contributed by atoms with van der Waals surface area (Å²) >= 11 is 0. The summed E-state index contributed by atoms with van der Waals surface area (Å²) in [6.07, 6.45) is 2.12. The van der Waals surface area contributed by atoms with Gasteiger partial charge in [0.2, 0.25) is 0 Å². The first-order valence-corrected chi connectivity index (χ1v) is 7.58. The van der Waals surface area contributed by atoms with Gasteiger partial charge in [-0.15, -0.1) is 0 Å². The van der Waals surface area contributed by atoms with Gasteiger partial charge in [0.25, 0.3) is 5.91 Å². The molecule has 2 aromatic carbocycles. The average Bonchev–Trinajstić information content (AvgIpc) is 3.09. The zero-order chi connectivity index (χ0) is 18.0. The third-order valence-electron chi connectivity index (χ3n) is 4.24. The van der Waals surface area contributed by atoms with Crippen LogP contribution in [0.15, 0.2) is 30.3 Å². The molecule has 1 amide bonds. The van der Waals surface area contributed by atoms with Crippen molar-refractivity contribution in [1.29, 1.82) is 15.8 Å². The highest BCUT2D eigenvalue weighted by molar-refractivity contribution is 5.96. The molecular weight excluding hydrogens is 314 g/mol. The fourth-order valence-electron chi connectivity index (χ4n) is 3.04. The van der Waals surface area contributed by atoms with Crippen LogP contribution in [-0.4, -0.2) is 17.9 Å². The van der Waals surface area contributed by atoms with E-state index in [0.717, 1.165) is 16.7 Å². The maximum absolute atomic E-state index is 12.1. The van der Waals surface area contributed by atoms with E-state index in [-0.39, 0.29) is 5.91 Å². The Morgan fingerprint density at radius 3 is 2.52 bits per heavy atom. The lowest BCUT2D eigenvalue weighted by atomic mass is 9.91. The fourth-order valence-corrected chi connectivity index (χ4v) is 3.04. The van der Waals surface area contributed by atoms with E-state index in [1.54, 1.807) is 36.2 Å². The van der Waals surface area contributed by atoms with Crippen molar-refractivity contribution in [3.05, 3.63) is 58.1 Å². The minimum absolute atomic E-state index is 0.230. The molecule has 0 bridgehead atoms. The fraction of sp³-hybridized carbons (Fsp3) is 0.158. The second-order valence-corrected chi connectivity index (χ2v) is 5.68. The minimum Gasteiger partial charge on any atom is -0.355 e. The van der Waals surface area contributed by atoms with Crippen molar-refractivity contribution in [3.63, 3.8) is 0 Å².